The molecule has 1 heterocycles. The van der Waals surface area contributed by atoms with Gasteiger partial charge in [0.25, 0.3) is 0 Å². The Labute approximate surface area is 98.0 Å². The molecule has 1 aromatic heterocycles. The van der Waals surface area contributed by atoms with Crippen molar-refractivity contribution in [2.45, 2.75) is 45.1 Å². The van der Waals surface area contributed by atoms with Gasteiger partial charge in [-0.05, 0) is 44.2 Å². The summed E-state index contributed by atoms with van der Waals surface area (Å²) in [5.74, 6) is 0.660. The van der Waals surface area contributed by atoms with Gasteiger partial charge in [-0.15, -0.1) is 0 Å². The number of aromatic nitrogens is 1. The van der Waals surface area contributed by atoms with Crippen molar-refractivity contribution < 1.29 is 4.74 Å². The molecule has 1 fully saturated rings. The van der Waals surface area contributed by atoms with E-state index in [1.165, 1.54) is 19.3 Å². The molecule has 1 unspecified atom stereocenters. The minimum atomic E-state index is -0.131. The molecule has 2 heteroatoms. The fourth-order valence-electron chi connectivity index (χ4n) is 2.72. The first-order valence-corrected chi connectivity index (χ1v) is 6.39. The van der Waals surface area contributed by atoms with Crippen molar-refractivity contribution in [3.05, 3.63) is 30.1 Å². The third kappa shape index (κ3) is 1.86. The second-order valence-corrected chi connectivity index (χ2v) is 4.52. The Morgan fingerprint density at radius 2 is 2.19 bits per heavy atom. The van der Waals surface area contributed by atoms with Crippen LogP contribution in [-0.2, 0) is 10.3 Å². The SMILES string of the molecule is CCOC(CC)(c1ccccn1)C1CCC1. The van der Waals surface area contributed by atoms with Gasteiger partial charge in [-0.25, -0.2) is 0 Å². The normalized spacial score (nSPS) is 20.1. The molecule has 1 aliphatic rings. The van der Waals surface area contributed by atoms with Crippen molar-refractivity contribution in [3.8, 4) is 0 Å². The number of rotatable bonds is 5. The quantitative estimate of drug-likeness (QED) is 0.756. The minimum Gasteiger partial charge on any atom is -0.369 e. The summed E-state index contributed by atoms with van der Waals surface area (Å²) in [6.07, 6.45) is 6.79. The highest BCUT2D eigenvalue weighted by molar-refractivity contribution is 5.16. The smallest absolute Gasteiger partial charge is 0.112 e. The Morgan fingerprint density at radius 3 is 2.62 bits per heavy atom. The molecule has 0 N–H and O–H groups in total. The Kier molecular flexibility index (Phi) is 3.59. The minimum absolute atomic E-state index is 0.131. The number of hydrogen-bond acceptors (Lipinski definition) is 2. The van der Waals surface area contributed by atoms with Gasteiger partial charge >= 0.3 is 0 Å². The van der Waals surface area contributed by atoms with Gasteiger partial charge in [0.05, 0.1) is 5.69 Å². The second kappa shape index (κ2) is 4.96. The van der Waals surface area contributed by atoms with E-state index in [4.69, 9.17) is 4.74 Å². The van der Waals surface area contributed by atoms with E-state index in [0.29, 0.717) is 5.92 Å². The molecule has 0 aliphatic heterocycles. The summed E-state index contributed by atoms with van der Waals surface area (Å²) in [6, 6.07) is 6.14. The van der Waals surface area contributed by atoms with Crippen LogP contribution in [0.15, 0.2) is 24.4 Å². The molecule has 0 bridgehead atoms. The van der Waals surface area contributed by atoms with Crippen molar-refractivity contribution in [2.75, 3.05) is 6.61 Å². The van der Waals surface area contributed by atoms with Gasteiger partial charge in [0, 0.05) is 12.8 Å². The summed E-state index contributed by atoms with van der Waals surface area (Å²) in [5.41, 5.74) is 0.984. The summed E-state index contributed by atoms with van der Waals surface area (Å²) in [7, 11) is 0. The predicted molar refractivity (Wildman–Crippen MR) is 65.2 cm³/mol. The van der Waals surface area contributed by atoms with Gasteiger partial charge in [0.15, 0.2) is 0 Å². The average Bonchev–Trinajstić information content (AvgIpc) is 2.27. The Hall–Kier alpha value is -0.890. The topological polar surface area (TPSA) is 22.1 Å². The van der Waals surface area contributed by atoms with Crippen molar-refractivity contribution >= 4 is 0 Å². The number of hydrogen-bond donors (Lipinski definition) is 0. The lowest BCUT2D eigenvalue weighted by molar-refractivity contribution is -0.117. The van der Waals surface area contributed by atoms with Gasteiger partial charge < -0.3 is 4.74 Å². The lowest BCUT2D eigenvalue weighted by Crippen LogP contribution is -2.42. The molecule has 1 saturated carbocycles. The van der Waals surface area contributed by atoms with Crippen molar-refractivity contribution in [3.63, 3.8) is 0 Å². The van der Waals surface area contributed by atoms with Crippen LogP contribution in [0, 0.1) is 5.92 Å². The molecule has 0 spiro atoms. The van der Waals surface area contributed by atoms with Gasteiger partial charge in [-0.3, -0.25) is 4.98 Å². The largest absolute Gasteiger partial charge is 0.369 e. The first-order valence-electron chi connectivity index (χ1n) is 6.39. The molecule has 1 atom stereocenters. The van der Waals surface area contributed by atoms with E-state index >= 15 is 0 Å². The van der Waals surface area contributed by atoms with E-state index in [2.05, 4.69) is 31.0 Å². The molecule has 0 amide bonds. The van der Waals surface area contributed by atoms with Crippen LogP contribution in [0.4, 0.5) is 0 Å². The van der Waals surface area contributed by atoms with Crippen molar-refractivity contribution in [2.24, 2.45) is 5.92 Å². The predicted octanol–water partition coefficient (Wildman–Crippen LogP) is 3.52. The van der Waals surface area contributed by atoms with Crippen LogP contribution in [0.2, 0.25) is 0 Å². The van der Waals surface area contributed by atoms with Crippen LogP contribution in [0.5, 0.6) is 0 Å². The average molecular weight is 219 g/mol. The zero-order valence-corrected chi connectivity index (χ0v) is 10.3. The molecule has 0 aromatic carbocycles. The van der Waals surface area contributed by atoms with Crippen LogP contribution in [0.25, 0.3) is 0 Å². The highest BCUT2D eigenvalue weighted by atomic mass is 16.5. The number of nitrogens with zero attached hydrogens (tertiary/aromatic N) is 1. The van der Waals surface area contributed by atoms with E-state index in [-0.39, 0.29) is 5.60 Å². The first-order chi connectivity index (χ1) is 7.83. The molecule has 1 aliphatic carbocycles. The van der Waals surface area contributed by atoms with Gasteiger partial charge in [0.2, 0.25) is 0 Å². The third-order valence-electron chi connectivity index (χ3n) is 3.79. The Morgan fingerprint density at radius 1 is 1.38 bits per heavy atom. The van der Waals surface area contributed by atoms with E-state index in [1.54, 1.807) is 0 Å². The van der Waals surface area contributed by atoms with Gasteiger partial charge in [-0.1, -0.05) is 19.4 Å². The standard InChI is InChI=1S/C14H21NO/c1-3-14(16-4-2,12-8-7-9-12)13-10-5-6-11-15-13/h5-6,10-12H,3-4,7-9H2,1-2H3. The lowest BCUT2D eigenvalue weighted by atomic mass is 9.69. The van der Waals surface area contributed by atoms with Crippen LogP contribution >= 0.6 is 0 Å². The fraction of sp³-hybridized carbons (Fsp3) is 0.643. The fourth-order valence-corrected chi connectivity index (χ4v) is 2.72. The number of ether oxygens (including phenoxy) is 1. The van der Waals surface area contributed by atoms with E-state index in [0.717, 1.165) is 18.7 Å². The van der Waals surface area contributed by atoms with Gasteiger partial charge in [-0.2, -0.15) is 0 Å². The van der Waals surface area contributed by atoms with E-state index in [9.17, 15) is 0 Å². The zero-order valence-electron chi connectivity index (χ0n) is 10.3. The number of pyridine rings is 1. The highest BCUT2D eigenvalue weighted by Crippen LogP contribution is 2.46. The first kappa shape index (κ1) is 11.6. The van der Waals surface area contributed by atoms with Crippen LogP contribution < -0.4 is 0 Å². The molecule has 0 saturated heterocycles. The summed E-state index contributed by atoms with van der Waals surface area (Å²) >= 11 is 0. The van der Waals surface area contributed by atoms with Crippen LogP contribution in [0.3, 0.4) is 0 Å². The Balaban J connectivity index is 2.31. The summed E-state index contributed by atoms with van der Waals surface area (Å²) in [4.78, 5) is 4.52. The van der Waals surface area contributed by atoms with Crippen LogP contribution in [-0.4, -0.2) is 11.6 Å². The van der Waals surface area contributed by atoms with Gasteiger partial charge in [0.1, 0.15) is 5.60 Å². The molecular weight excluding hydrogens is 198 g/mol. The van der Waals surface area contributed by atoms with Crippen LogP contribution in [0.1, 0.15) is 45.2 Å². The Bertz CT molecular complexity index is 321. The maximum absolute atomic E-state index is 6.11. The highest BCUT2D eigenvalue weighted by Gasteiger charge is 2.43. The third-order valence-corrected chi connectivity index (χ3v) is 3.79. The molecule has 88 valence electrons. The molecule has 16 heavy (non-hydrogen) atoms. The van der Waals surface area contributed by atoms with Crippen molar-refractivity contribution in [1.29, 1.82) is 0 Å². The molecule has 1 aromatic rings. The molecule has 2 nitrogen and oxygen atoms in total. The lowest BCUT2D eigenvalue weighted by Gasteiger charge is -2.44. The summed E-state index contributed by atoms with van der Waals surface area (Å²) in [6.45, 7) is 5.05. The van der Waals surface area contributed by atoms with Crippen molar-refractivity contribution in [1.82, 2.24) is 4.98 Å². The molecule has 0 radical (unpaired) electrons. The monoisotopic (exact) mass is 219 g/mol. The summed E-state index contributed by atoms with van der Waals surface area (Å²) < 4.78 is 6.11. The van der Waals surface area contributed by atoms with E-state index in [1.807, 2.05) is 12.3 Å². The molecular formula is C14H21NO. The second-order valence-electron chi connectivity index (χ2n) is 4.52. The zero-order chi connectivity index (χ0) is 11.4. The molecule has 2 rings (SSSR count). The maximum atomic E-state index is 6.11. The maximum Gasteiger partial charge on any atom is 0.112 e. The summed E-state index contributed by atoms with van der Waals surface area (Å²) in [5, 5.41) is 0. The van der Waals surface area contributed by atoms with E-state index < -0.39 is 0 Å².